The van der Waals surface area contributed by atoms with E-state index in [4.69, 9.17) is 5.73 Å². The molecule has 0 aliphatic heterocycles. The molecule has 0 spiro atoms. The van der Waals surface area contributed by atoms with Crippen LogP contribution in [0.4, 0.5) is 0 Å². The van der Waals surface area contributed by atoms with E-state index < -0.39 is 0 Å². The van der Waals surface area contributed by atoms with Gasteiger partial charge in [-0.1, -0.05) is 51.4 Å². The number of nitrogens with two attached hydrogens (primary N) is 1. The standard InChI is InChI=1S/C17H34N2O/c18-16(13-14-7-3-1-4-8-14)17(20)11-12-19-15-9-5-2-6-10-15/h14-17,19-20H,1-13,18H2. The van der Waals surface area contributed by atoms with Gasteiger partial charge in [-0.3, -0.25) is 0 Å². The van der Waals surface area contributed by atoms with Crippen LogP contribution in [-0.2, 0) is 0 Å². The van der Waals surface area contributed by atoms with Crippen LogP contribution in [0.25, 0.3) is 0 Å². The lowest BCUT2D eigenvalue weighted by Crippen LogP contribution is -2.40. The number of rotatable bonds is 7. The van der Waals surface area contributed by atoms with Crippen molar-refractivity contribution in [1.82, 2.24) is 5.32 Å². The molecule has 2 saturated carbocycles. The van der Waals surface area contributed by atoms with Gasteiger partial charge < -0.3 is 16.2 Å². The van der Waals surface area contributed by atoms with Crippen molar-refractivity contribution in [2.75, 3.05) is 6.54 Å². The number of aliphatic hydroxyl groups excluding tert-OH is 1. The Morgan fingerprint density at radius 3 is 2.20 bits per heavy atom. The van der Waals surface area contributed by atoms with E-state index in [0.717, 1.165) is 25.3 Å². The molecule has 0 heterocycles. The summed E-state index contributed by atoms with van der Waals surface area (Å²) < 4.78 is 0. The van der Waals surface area contributed by atoms with Crippen LogP contribution in [0.3, 0.4) is 0 Å². The molecule has 0 aromatic rings. The summed E-state index contributed by atoms with van der Waals surface area (Å²) in [4.78, 5) is 0. The number of hydrogen-bond donors (Lipinski definition) is 3. The van der Waals surface area contributed by atoms with E-state index in [1.807, 2.05) is 0 Å². The SMILES string of the molecule is NC(CC1CCCCC1)C(O)CCNC1CCCCC1. The summed E-state index contributed by atoms with van der Waals surface area (Å²) in [5.41, 5.74) is 6.19. The average molecular weight is 282 g/mol. The largest absolute Gasteiger partial charge is 0.391 e. The van der Waals surface area contributed by atoms with E-state index in [1.54, 1.807) is 0 Å². The molecule has 20 heavy (non-hydrogen) atoms. The van der Waals surface area contributed by atoms with Gasteiger partial charge in [0.2, 0.25) is 0 Å². The van der Waals surface area contributed by atoms with Crippen molar-refractivity contribution in [3.8, 4) is 0 Å². The van der Waals surface area contributed by atoms with Crippen molar-refractivity contribution in [3.05, 3.63) is 0 Å². The zero-order chi connectivity index (χ0) is 14.2. The van der Waals surface area contributed by atoms with Crippen LogP contribution >= 0.6 is 0 Å². The second-order valence-corrected chi connectivity index (χ2v) is 7.05. The highest BCUT2D eigenvalue weighted by molar-refractivity contribution is 4.79. The van der Waals surface area contributed by atoms with Gasteiger partial charge >= 0.3 is 0 Å². The Morgan fingerprint density at radius 1 is 0.950 bits per heavy atom. The number of aliphatic hydroxyl groups is 1. The highest BCUT2D eigenvalue weighted by Crippen LogP contribution is 2.27. The Labute approximate surface area is 124 Å². The van der Waals surface area contributed by atoms with Gasteiger partial charge in [-0.05, 0) is 38.1 Å². The van der Waals surface area contributed by atoms with Gasteiger partial charge in [-0.2, -0.15) is 0 Å². The lowest BCUT2D eigenvalue weighted by molar-refractivity contribution is 0.116. The van der Waals surface area contributed by atoms with E-state index in [0.29, 0.717) is 6.04 Å². The third kappa shape index (κ3) is 5.71. The van der Waals surface area contributed by atoms with Crippen LogP contribution in [0.5, 0.6) is 0 Å². The van der Waals surface area contributed by atoms with Gasteiger partial charge in [-0.15, -0.1) is 0 Å². The number of nitrogens with one attached hydrogen (secondary N) is 1. The summed E-state index contributed by atoms with van der Waals surface area (Å²) in [6, 6.07) is 0.664. The van der Waals surface area contributed by atoms with Gasteiger partial charge in [0.25, 0.3) is 0 Å². The van der Waals surface area contributed by atoms with Crippen LogP contribution in [-0.4, -0.2) is 29.8 Å². The summed E-state index contributed by atoms with van der Waals surface area (Å²) in [5, 5.41) is 13.8. The molecule has 4 N–H and O–H groups in total. The van der Waals surface area contributed by atoms with Crippen LogP contribution in [0.2, 0.25) is 0 Å². The molecule has 2 aliphatic carbocycles. The second kappa shape index (κ2) is 9.01. The fraction of sp³-hybridized carbons (Fsp3) is 1.00. The average Bonchev–Trinajstić information content (AvgIpc) is 2.49. The van der Waals surface area contributed by atoms with E-state index in [-0.39, 0.29) is 12.1 Å². The lowest BCUT2D eigenvalue weighted by Gasteiger charge is -2.28. The van der Waals surface area contributed by atoms with Crippen molar-refractivity contribution in [1.29, 1.82) is 0 Å². The van der Waals surface area contributed by atoms with E-state index in [9.17, 15) is 5.11 Å². The molecule has 2 fully saturated rings. The summed E-state index contributed by atoms with van der Waals surface area (Å²) >= 11 is 0. The quantitative estimate of drug-likeness (QED) is 0.673. The molecular weight excluding hydrogens is 248 g/mol. The summed E-state index contributed by atoms with van der Waals surface area (Å²) in [7, 11) is 0. The number of hydrogen-bond acceptors (Lipinski definition) is 3. The minimum atomic E-state index is -0.326. The molecule has 2 unspecified atom stereocenters. The van der Waals surface area contributed by atoms with Gasteiger partial charge in [-0.25, -0.2) is 0 Å². The van der Waals surface area contributed by atoms with Gasteiger partial charge in [0.05, 0.1) is 6.10 Å². The van der Waals surface area contributed by atoms with Gasteiger partial charge in [0.1, 0.15) is 0 Å². The van der Waals surface area contributed by atoms with Crippen LogP contribution in [0.15, 0.2) is 0 Å². The molecule has 0 amide bonds. The molecule has 0 radical (unpaired) electrons. The van der Waals surface area contributed by atoms with Crippen molar-refractivity contribution in [2.24, 2.45) is 11.7 Å². The summed E-state index contributed by atoms with van der Waals surface area (Å²) in [5.74, 6) is 0.764. The minimum absolute atomic E-state index is 0.0220. The van der Waals surface area contributed by atoms with E-state index >= 15 is 0 Å². The van der Waals surface area contributed by atoms with Gasteiger partial charge in [0.15, 0.2) is 0 Å². The lowest BCUT2D eigenvalue weighted by atomic mass is 9.83. The maximum Gasteiger partial charge on any atom is 0.0703 e. The fourth-order valence-electron chi connectivity index (χ4n) is 3.92. The molecule has 0 aromatic heterocycles. The Kier molecular flexibility index (Phi) is 7.32. The predicted octanol–water partition coefficient (Wildman–Crippen LogP) is 2.96. The Morgan fingerprint density at radius 2 is 1.55 bits per heavy atom. The highest BCUT2D eigenvalue weighted by atomic mass is 16.3. The highest BCUT2D eigenvalue weighted by Gasteiger charge is 2.21. The molecule has 118 valence electrons. The van der Waals surface area contributed by atoms with Crippen molar-refractivity contribution in [2.45, 2.75) is 95.2 Å². The smallest absolute Gasteiger partial charge is 0.0703 e. The first-order valence-corrected chi connectivity index (χ1v) is 8.92. The zero-order valence-electron chi connectivity index (χ0n) is 13.0. The molecule has 2 aliphatic rings. The normalized spacial score (nSPS) is 25.5. The molecule has 2 atom stereocenters. The topological polar surface area (TPSA) is 58.3 Å². The van der Waals surface area contributed by atoms with Crippen molar-refractivity contribution >= 4 is 0 Å². The van der Waals surface area contributed by atoms with Crippen molar-refractivity contribution in [3.63, 3.8) is 0 Å². The maximum absolute atomic E-state index is 10.2. The first kappa shape index (κ1) is 16.3. The molecule has 0 aromatic carbocycles. The Balaban J connectivity index is 1.56. The molecule has 2 rings (SSSR count). The van der Waals surface area contributed by atoms with E-state index in [2.05, 4.69) is 5.32 Å². The molecular formula is C17H34N2O. The minimum Gasteiger partial charge on any atom is -0.391 e. The van der Waals surface area contributed by atoms with Gasteiger partial charge in [0, 0.05) is 12.1 Å². The molecule has 3 nitrogen and oxygen atoms in total. The molecule has 0 saturated heterocycles. The Bertz CT molecular complexity index is 247. The third-order valence-corrected chi connectivity index (χ3v) is 5.30. The third-order valence-electron chi connectivity index (χ3n) is 5.30. The fourth-order valence-corrected chi connectivity index (χ4v) is 3.92. The van der Waals surface area contributed by atoms with Crippen LogP contribution in [0, 0.1) is 5.92 Å². The predicted molar refractivity (Wildman–Crippen MR) is 84.7 cm³/mol. The van der Waals surface area contributed by atoms with Crippen LogP contribution in [0.1, 0.15) is 77.0 Å². The summed E-state index contributed by atoms with van der Waals surface area (Å²) in [6.45, 7) is 0.921. The first-order chi connectivity index (χ1) is 9.75. The first-order valence-electron chi connectivity index (χ1n) is 8.92. The molecule has 3 heteroatoms. The summed E-state index contributed by atoms with van der Waals surface area (Å²) in [6.07, 6.45) is 15.0. The molecule has 0 bridgehead atoms. The monoisotopic (exact) mass is 282 g/mol. The van der Waals surface area contributed by atoms with E-state index in [1.165, 1.54) is 64.2 Å². The van der Waals surface area contributed by atoms with Crippen molar-refractivity contribution < 1.29 is 5.11 Å². The maximum atomic E-state index is 10.2. The van der Waals surface area contributed by atoms with Crippen LogP contribution < -0.4 is 11.1 Å². The zero-order valence-corrected chi connectivity index (χ0v) is 13.0. The Hall–Kier alpha value is -0.120. The second-order valence-electron chi connectivity index (χ2n) is 7.05.